The van der Waals surface area contributed by atoms with Gasteiger partial charge in [0.2, 0.25) is 0 Å². The van der Waals surface area contributed by atoms with E-state index in [1.807, 2.05) is 0 Å². The van der Waals surface area contributed by atoms with Crippen molar-refractivity contribution in [1.29, 1.82) is 0 Å². The molecule has 1 fully saturated rings. The molecule has 0 aromatic heterocycles. The van der Waals surface area contributed by atoms with Gasteiger partial charge in [-0.3, -0.25) is 9.59 Å². The number of carboxylic acid groups (broad SMARTS) is 2. The van der Waals surface area contributed by atoms with Gasteiger partial charge in [-0.2, -0.15) is 26.3 Å². The van der Waals surface area contributed by atoms with Gasteiger partial charge in [0.05, 0.1) is 12.2 Å². The van der Waals surface area contributed by atoms with Crippen LogP contribution in [0.15, 0.2) is 0 Å². The summed E-state index contributed by atoms with van der Waals surface area (Å²) in [7, 11) is 0. The molecule has 0 amide bonds. The Balaban J connectivity index is 0. The minimum absolute atomic E-state index is 0.112. The van der Waals surface area contributed by atoms with Crippen LogP contribution in [0.4, 0.5) is 26.3 Å². The molecule has 1 heterocycles. The lowest BCUT2D eigenvalue weighted by Crippen LogP contribution is -2.23. The maximum Gasteiger partial charge on any atom is 0.490 e. The second kappa shape index (κ2) is 17.7. The second-order valence-electron chi connectivity index (χ2n) is 6.71. The molecule has 35 heavy (non-hydrogen) atoms. The summed E-state index contributed by atoms with van der Waals surface area (Å²) in [6.45, 7) is 1.46. The fraction of sp³-hybridized carbons (Fsp3) is 0.778. The van der Waals surface area contributed by atoms with Crippen molar-refractivity contribution in [2.45, 2.75) is 63.1 Å². The van der Waals surface area contributed by atoms with E-state index in [9.17, 15) is 35.9 Å². The number of carbonyl (C=O) groups is 4. The Morgan fingerprint density at radius 2 is 1.03 bits per heavy atom. The minimum Gasteiger partial charge on any atom is -0.475 e. The van der Waals surface area contributed by atoms with Crippen molar-refractivity contribution in [1.82, 2.24) is 0 Å². The fourth-order valence-corrected chi connectivity index (χ4v) is 2.03. The van der Waals surface area contributed by atoms with E-state index in [1.54, 1.807) is 0 Å². The first-order chi connectivity index (χ1) is 16.0. The van der Waals surface area contributed by atoms with Crippen molar-refractivity contribution in [3.8, 4) is 0 Å². The van der Waals surface area contributed by atoms with Crippen molar-refractivity contribution in [2.24, 2.45) is 11.5 Å². The van der Waals surface area contributed by atoms with E-state index >= 15 is 0 Å². The Labute approximate surface area is 195 Å². The second-order valence-corrected chi connectivity index (χ2v) is 6.71. The molecular formula is C18H28F6N2O9. The highest BCUT2D eigenvalue weighted by molar-refractivity contribution is 5.73. The molecule has 206 valence electrons. The van der Waals surface area contributed by atoms with Crippen molar-refractivity contribution < 1.29 is 69.9 Å². The largest absolute Gasteiger partial charge is 0.490 e. The standard InChI is InChI=1S/C14H26N2O5.2C2HF3O2/c15-7-1-3-13(17)19-9-11-5-6-12(21-11)10-20-14(18)4-2-8-16;2*3-2(4,5)1(6)7/h11-12H,1-10,15-16H2;2*(H,6,7)/t11-,12+;;. The lowest BCUT2D eigenvalue weighted by Gasteiger charge is -2.14. The van der Waals surface area contributed by atoms with Gasteiger partial charge in [0.15, 0.2) is 0 Å². The quantitative estimate of drug-likeness (QED) is 0.236. The summed E-state index contributed by atoms with van der Waals surface area (Å²) >= 11 is 0. The van der Waals surface area contributed by atoms with Crippen molar-refractivity contribution in [3.63, 3.8) is 0 Å². The van der Waals surface area contributed by atoms with Crippen LogP contribution in [0.2, 0.25) is 0 Å². The first-order valence-corrected chi connectivity index (χ1v) is 10.0. The van der Waals surface area contributed by atoms with Gasteiger partial charge in [-0.15, -0.1) is 0 Å². The van der Waals surface area contributed by atoms with E-state index in [1.165, 1.54) is 0 Å². The molecule has 1 aliphatic rings. The van der Waals surface area contributed by atoms with Crippen LogP contribution in [0.5, 0.6) is 0 Å². The maximum absolute atomic E-state index is 11.3. The van der Waals surface area contributed by atoms with Gasteiger partial charge in [0, 0.05) is 12.8 Å². The number of carboxylic acids is 2. The molecule has 1 rings (SSSR count). The number of nitrogens with two attached hydrogens (primary N) is 2. The number of aliphatic carboxylic acids is 2. The van der Waals surface area contributed by atoms with Crippen LogP contribution in [0.25, 0.3) is 0 Å². The number of ether oxygens (including phenoxy) is 3. The number of hydrogen-bond acceptors (Lipinski definition) is 9. The maximum atomic E-state index is 11.3. The molecule has 0 saturated carbocycles. The molecule has 0 bridgehead atoms. The van der Waals surface area contributed by atoms with Gasteiger partial charge in [0.1, 0.15) is 13.2 Å². The summed E-state index contributed by atoms with van der Waals surface area (Å²) in [5, 5.41) is 14.2. The molecule has 6 N–H and O–H groups in total. The highest BCUT2D eigenvalue weighted by Crippen LogP contribution is 2.20. The third-order valence-corrected chi connectivity index (χ3v) is 3.71. The summed E-state index contributed by atoms with van der Waals surface area (Å²) in [6.07, 6.45) is -6.85. The zero-order valence-electron chi connectivity index (χ0n) is 18.4. The van der Waals surface area contributed by atoms with Gasteiger partial charge in [0.25, 0.3) is 0 Å². The molecule has 0 radical (unpaired) electrons. The average Bonchev–Trinajstić information content (AvgIpc) is 3.20. The van der Waals surface area contributed by atoms with E-state index in [0.717, 1.165) is 12.8 Å². The molecule has 1 saturated heterocycles. The first-order valence-electron chi connectivity index (χ1n) is 10.0. The Morgan fingerprint density at radius 3 is 1.26 bits per heavy atom. The summed E-state index contributed by atoms with van der Waals surface area (Å²) in [4.78, 5) is 40.5. The Morgan fingerprint density at radius 1 is 0.743 bits per heavy atom. The number of halogens is 6. The van der Waals surface area contributed by atoms with E-state index in [4.69, 9.17) is 45.5 Å². The monoisotopic (exact) mass is 530 g/mol. The van der Waals surface area contributed by atoms with E-state index in [-0.39, 0.29) is 37.4 Å². The molecule has 0 unspecified atom stereocenters. The Hall–Kier alpha value is -2.66. The first kappa shape index (κ1) is 34.5. The smallest absolute Gasteiger partial charge is 0.475 e. The molecule has 17 heteroatoms. The van der Waals surface area contributed by atoms with Gasteiger partial charge < -0.3 is 35.9 Å². The van der Waals surface area contributed by atoms with Crippen LogP contribution < -0.4 is 11.5 Å². The fourth-order valence-electron chi connectivity index (χ4n) is 2.03. The lowest BCUT2D eigenvalue weighted by atomic mass is 10.2. The number of carbonyl (C=O) groups excluding carboxylic acids is 2. The summed E-state index contributed by atoms with van der Waals surface area (Å²) < 4.78 is 79.4. The van der Waals surface area contributed by atoms with Crippen molar-refractivity contribution in [2.75, 3.05) is 26.3 Å². The van der Waals surface area contributed by atoms with Gasteiger partial charge in [-0.05, 0) is 38.8 Å². The molecule has 0 aromatic rings. The number of alkyl halides is 6. The van der Waals surface area contributed by atoms with Crippen LogP contribution in [0.3, 0.4) is 0 Å². The van der Waals surface area contributed by atoms with Crippen LogP contribution in [-0.2, 0) is 33.4 Å². The molecule has 0 spiro atoms. The minimum atomic E-state index is -5.08. The zero-order chi connectivity index (χ0) is 27.7. The van der Waals surface area contributed by atoms with E-state index < -0.39 is 24.3 Å². The number of hydrogen-bond donors (Lipinski definition) is 4. The Bertz CT molecular complexity index is 605. The van der Waals surface area contributed by atoms with Crippen LogP contribution in [0.1, 0.15) is 38.5 Å². The molecule has 0 aliphatic carbocycles. The van der Waals surface area contributed by atoms with Crippen molar-refractivity contribution in [3.05, 3.63) is 0 Å². The predicted octanol–water partition coefficient (Wildman–Crippen LogP) is 1.36. The topological polar surface area (TPSA) is 188 Å². The molecule has 0 aromatic carbocycles. The highest BCUT2D eigenvalue weighted by atomic mass is 19.4. The average molecular weight is 530 g/mol. The third kappa shape index (κ3) is 20.4. The summed E-state index contributed by atoms with van der Waals surface area (Å²) in [5.41, 5.74) is 10.6. The molecular weight excluding hydrogens is 502 g/mol. The van der Waals surface area contributed by atoms with Gasteiger partial charge >= 0.3 is 36.2 Å². The molecule has 2 atom stereocenters. The molecule has 1 aliphatic heterocycles. The van der Waals surface area contributed by atoms with Crippen LogP contribution >= 0.6 is 0 Å². The number of rotatable bonds is 10. The van der Waals surface area contributed by atoms with E-state index in [0.29, 0.717) is 38.8 Å². The third-order valence-electron chi connectivity index (χ3n) is 3.71. The van der Waals surface area contributed by atoms with Crippen LogP contribution in [0, 0.1) is 0 Å². The summed E-state index contributed by atoms with van der Waals surface area (Å²) in [6, 6.07) is 0. The van der Waals surface area contributed by atoms with E-state index in [2.05, 4.69) is 0 Å². The Kier molecular flexibility index (Phi) is 17.5. The normalized spacial score (nSPS) is 17.3. The summed E-state index contributed by atoms with van der Waals surface area (Å²) in [5.74, 6) is -6.01. The van der Waals surface area contributed by atoms with Gasteiger partial charge in [-0.1, -0.05) is 0 Å². The predicted molar refractivity (Wildman–Crippen MR) is 104 cm³/mol. The van der Waals surface area contributed by atoms with Gasteiger partial charge in [-0.25, -0.2) is 9.59 Å². The highest BCUT2D eigenvalue weighted by Gasteiger charge is 2.38. The lowest BCUT2D eigenvalue weighted by molar-refractivity contribution is -0.193. The molecule has 11 nitrogen and oxygen atoms in total. The number of esters is 2. The zero-order valence-corrected chi connectivity index (χ0v) is 18.4. The van der Waals surface area contributed by atoms with Crippen LogP contribution in [-0.4, -0.2) is 85.0 Å². The SMILES string of the molecule is NCCCC(=O)OC[C@H]1CC[C@@H](COC(=O)CCCN)O1.O=C(O)C(F)(F)F.O=C(O)C(F)(F)F. The van der Waals surface area contributed by atoms with Crippen molar-refractivity contribution >= 4 is 23.9 Å².